The molecule has 0 bridgehead atoms. The number of benzene rings is 4. The van der Waals surface area contributed by atoms with E-state index in [9.17, 15) is 14.7 Å². The smallest absolute Gasteiger partial charge is 0.407 e. The van der Waals surface area contributed by atoms with E-state index in [0.717, 1.165) is 33.4 Å². The van der Waals surface area contributed by atoms with E-state index in [2.05, 4.69) is 17.4 Å². The molecule has 1 aliphatic rings. The zero-order chi connectivity index (χ0) is 30.3. The number of hydrogen-bond acceptors (Lipinski definition) is 7. The first kappa shape index (κ1) is 29.8. The molecule has 222 valence electrons. The molecule has 0 saturated heterocycles. The van der Waals surface area contributed by atoms with Gasteiger partial charge in [0.25, 0.3) is 0 Å². The highest BCUT2D eigenvalue weighted by atomic mass is 32.2. The summed E-state index contributed by atoms with van der Waals surface area (Å²) >= 11 is 1.35. The first-order valence-electron chi connectivity index (χ1n) is 13.7. The van der Waals surface area contributed by atoms with Crippen molar-refractivity contribution in [1.82, 2.24) is 5.32 Å². The molecule has 0 heterocycles. The Morgan fingerprint density at radius 2 is 1.37 bits per heavy atom. The normalized spacial score (nSPS) is 13.3. The maximum Gasteiger partial charge on any atom is 0.407 e. The summed E-state index contributed by atoms with van der Waals surface area (Å²) in [6, 6.07) is 27.5. The van der Waals surface area contributed by atoms with E-state index in [1.54, 1.807) is 33.5 Å². The van der Waals surface area contributed by atoms with E-state index in [-0.39, 0.29) is 12.5 Å². The molecular weight excluding hydrogens is 566 g/mol. The molecule has 9 heteroatoms. The fourth-order valence-electron chi connectivity index (χ4n) is 5.45. The van der Waals surface area contributed by atoms with Gasteiger partial charge >= 0.3 is 12.1 Å². The molecule has 4 aromatic carbocycles. The Kier molecular flexibility index (Phi) is 9.41. The lowest BCUT2D eigenvalue weighted by Crippen LogP contribution is -2.44. The highest BCUT2D eigenvalue weighted by Crippen LogP contribution is 2.45. The van der Waals surface area contributed by atoms with Gasteiger partial charge < -0.3 is 29.4 Å². The van der Waals surface area contributed by atoms with Crippen LogP contribution in [-0.2, 0) is 15.3 Å². The van der Waals surface area contributed by atoms with Crippen LogP contribution in [0.5, 0.6) is 17.2 Å². The monoisotopic (exact) mass is 599 g/mol. The van der Waals surface area contributed by atoms with Gasteiger partial charge in [0, 0.05) is 29.4 Å². The molecule has 0 aliphatic heterocycles. The molecule has 4 aromatic rings. The predicted molar refractivity (Wildman–Crippen MR) is 166 cm³/mol. The summed E-state index contributed by atoms with van der Waals surface area (Å²) < 4.78 is 22.2. The number of carboxylic acid groups (broad SMARTS) is 1. The standard InChI is InChI=1S/C34H33NO7S/c1-39-22-17-29(40-2)28(30(18-22)41-3)20-43-32(21-11-5-4-6-12-21)31(33(36)37)35-34(38)42-19-27-25-15-9-7-13-23(25)24-14-8-10-16-26(24)27/h4-18,27,31-32H,19-20H2,1-3H3,(H,35,38)(H,36,37). The number of nitrogens with one attached hydrogen (secondary N) is 1. The van der Waals surface area contributed by atoms with Gasteiger partial charge in [0.05, 0.1) is 26.6 Å². The quantitative estimate of drug-likeness (QED) is 0.186. The molecule has 2 N–H and O–H groups in total. The van der Waals surface area contributed by atoms with Crippen LogP contribution in [0.15, 0.2) is 91.0 Å². The van der Waals surface area contributed by atoms with Crippen LogP contribution in [0.3, 0.4) is 0 Å². The van der Waals surface area contributed by atoms with Crippen molar-refractivity contribution < 1.29 is 33.6 Å². The highest BCUT2D eigenvalue weighted by Gasteiger charge is 2.34. The summed E-state index contributed by atoms with van der Waals surface area (Å²) in [7, 11) is 4.66. The maximum atomic E-state index is 13.2. The average molecular weight is 600 g/mol. The molecular formula is C34H33NO7S. The summed E-state index contributed by atoms with van der Waals surface area (Å²) in [5.41, 5.74) is 5.85. The zero-order valence-corrected chi connectivity index (χ0v) is 24.9. The number of carboxylic acids is 1. The summed E-state index contributed by atoms with van der Waals surface area (Å²) in [6.45, 7) is 0.0790. The van der Waals surface area contributed by atoms with E-state index < -0.39 is 23.4 Å². The number of ether oxygens (including phenoxy) is 4. The van der Waals surface area contributed by atoms with Crippen molar-refractivity contribution >= 4 is 23.8 Å². The number of rotatable bonds is 12. The number of fused-ring (bicyclic) bond motifs is 3. The Labute approximate surface area is 254 Å². The van der Waals surface area contributed by atoms with Gasteiger partial charge in [-0.2, -0.15) is 0 Å². The SMILES string of the molecule is COc1cc(OC)c(CSC(c2ccccc2)C(NC(=O)OCC2c3ccccc3-c3ccccc32)C(=O)O)c(OC)c1. The number of aliphatic carboxylic acids is 1. The average Bonchev–Trinajstić information content (AvgIpc) is 3.36. The minimum absolute atomic E-state index is 0.0790. The van der Waals surface area contributed by atoms with Crippen LogP contribution >= 0.6 is 11.8 Å². The van der Waals surface area contributed by atoms with E-state index in [4.69, 9.17) is 18.9 Å². The summed E-state index contributed by atoms with van der Waals surface area (Å²) in [5, 5.41) is 12.3. The second-order valence-corrected chi connectivity index (χ2v) is 11.1. The summed E-state index contributed by atoms with van der Waals surface area (Å²) in [6.07, 6.45) is -0.796. The molecule has 0 aromatic heterocycles. The Morgan fingerprint density at radius 1 is 0.814 bits per heavy atom. The lowest BCUT2D eigenvalue weighted by Gasteiger charge is -2.26. The van der Waals surface area contributed by atoms with E-state index in [0.29, 0.717) is 23.0 Å². The molecule has 2 unspecified atom stereocenters. The zero-order valence-electron chi connectivity index (χ0n) is 24.1. The third kappa shape index (κ3) is 6.41. The van der Waals surface area contributed by atoms with Crippen molar-refractivity contribution in [2.45, 2.75) is 23.0 Å². The first-order chi connectivity index (χ1) is 20.9. The van der Waals surface area contributed by atoms with E-state index in [1.807, 2.05) is 66.7 Å². The predicted octanol–water partition coefficient (Wildman–Crippen LogP) is 6.68. The molecule has 0 fully saturated rings. The molecule has 0 saturated carbocycles. The fourth-order valence-corrected chi connectivity index (χ4v) is 6.81. The number of thioether (sulfide) groups is 1. The van der Waals surface area contributed by atoms with Crippen molar-refractivity contribution in [2.75, 3.05) is 27.9 Å². The molecule has 0 spiro atoms. The van der Waals surface area contributed by atoms with Crippen LogP contribution in [0.25, 0.3) is 11.1 Å². The minimum Gasteiger partial charge on any atom is -0.496 e. The van der Waals surface area contributed by atoms with Crippen LogP contribution in [0.4, 0.5) is 4.79 Å². The molecule has 43 heavy (non-hydrogen) atoms. The van der Waals surface area contributed by atoms with E-state index in [1.165, 1.54) is 11.8 Å². The van der Waals surface area contributed by atoms with Crippen LogP contribution < -0.4 is 19.5 Å². The summed E-state index contributed by atoms with van der Waals surface area (Å²) in [4.78, 5) is 25.8. The van der Waals surface area contributed by atoms with Gasteiger partial charge in [0.2, 0.25) is 0 Å². The van der Waals surface area contributed by atoms with Gasteiger partial charge in [-0.25, -0.2) is 9.59 Å². The fraction of sp³-hybridized carbons (Fsp3) is 0.235. The minimum atomic E-state index is -1.28. The van der Waals surface area contributed by atoms with Crippen LogP contribution in [0.2, 0.25) is 0 Å². The first-order valence-corrected chi connectivity index (χ1v) is 14.8. The number of amides is 1. The van der Waals surface area contributed by atoms with Gasteiger partial charge in [0.1, 0.15) is 29.9 Å². The third-order valence-electron chi connectivity index (χ3n) is 7.54. The topological polar surface area (TPSA) is 103 Å². The number of alkyl carbamates (subject to hydrolysis) is 1. The number of methoxy groups -OCH3 is 3. The van der Waals surface area contributed by atoms with Crippen LogP contribution in [-0.4, -0.2) is 51.1 Å². The molecule has 8 nitrogen and oxygen atoms in total. The largest absolute Gasteiger partial charge is 0.496 e. The number of hydrogen-bond donors (Lipinski definition) is 2. The van der Waals surface area contributed by atoms with Gasteiger partial charge in [-0.05, 0) is 27.8 Å². The molecule has 5 rings (SSSR count). The van der Waals surface area contributed by atoms with Crippen molar-refractivity contribution in [2.24, 2.45) is 0 Å². The Hall–Kier alpha value is -4.63. The molecule has 0 radical (unpaired) electrons. The Bertz CT molecular complexity index is 1520. The Morgan fingerprint density at radius 3 is 1.91 bits per heavy atom. The summed E-state index contributed by atoms with van der Waals surface area (Å²) in [5.74, 6) is 0.687. The van der Waals surface area contributed by atoms with Gasteiger partial charge in [-0.3, -0.25) is 0 Å². The van der Waals surface area contributed by atoms with Gasteiger partial charge in [-0.1, -0.05) is 78.9 Å². The molecule has 2 atom stereocenters. The molecule has 1 amide bonds. The van der Waals surface area contributed by atoms with Crippen LogP contribution in [0, 0.1) is 0 Å². The van der Waals surface area contributed by atoms with Crippen molar-refractivity contribution in [3.8, 4) is 28.4 Å². The maximum absolute atomic E-state index is 13.2. The molecule has 1 aliphatic carbocycles. The number of carbonyl (C=O) groups excluding carboxylic acids is 1. The van der Waals surface area contributed by atoms with Gasteiger partial charge in [-0.15, -0.1) is 11.8 Å². The lowest BCUT2D eigenvalue weighted by molar-refractivity contribution is -0.139. The van der Waals surface area contributed by atoms with Crippen LogP contribution in [0.1, 0.15) is 33.4 Å². The third-order valence-corrected chi connectivity index (χ3v) is 8.90. The Balaban J connectivity index is 1.35. The van der Waals surface area contributed by atoms with Crippen molar-refractivity contribution in [3.05, 3.63) is 113 Å². The second-order valence-electron chi connectivity index (χ2n) is 9.94. The lowest BCUT2D eigenvalue weighted by atomic mass is 9.98. The van der Waals surface area contributed by atoms with Gasteiger partial charge in [0.15, 0.2) is 0 Å². The number of carbonyl (C=O) groups is 2. The van der Waals surface area contributed by atoms with Crippen molar-refractivity contribution in [1.29, 1.82) is 0 Å². The second kappa shape index (κ2) is 13.6. The highest BCUT2D eigenvalue weighted by molar-refractivity contribution is 7.98. The van der Waals surface area contributed by atoms with Crippen molar-refractivity contribution in [3.63, 3.8) is 0 Å². The van der Waals surface area contributed by atoms with E-state index >= 15 is 0 Å².